The van der Waals surface area contributed by atoms with Crippen LogP contribution in [0, 0.1) is 0 Å². The molecule has 21 heavy (non-hydrogen) atoms. The fourth-order valence-electron chi connectivity index (χ4n) is 3.06. The summed E-state index contributed by atoms with van der Waals surface area (Å²) in [5.74, 6) is 0.0268. The van der Waals surface area contributed by atoms with Crippen LogP contribution in [-0.2, 0) is 4.79 Å². The molecule has 1 aromatic carbocycles. The predicted octanol–water partition coefficient (Wildman–Crippen LogP) is 2.10. The van der Waals surface area contributed by atoms with Crippen LogP contribution >= 0.6 is 0 Å². The molecule has 1 aliphatic rings. The summed E-state index contributed by atoms with van der Waals surface area (Å²) >= 11 is 0. The van der Waals surface area contributed by atoms with Crippen molar-refractivity contribution in [3.8, 4) is 0 Å². The second-order valence-corrected chi connectivity index (χ2v) is 5.97. The Morgan fingerprint density at radius 3 is 2.71 bits per heavy atom. The fraction of sp³-hybridized carbons (Fsp3) is 0.588. The molecule has 0 radical (unpaired) electrons. The number of carbonyl (C=O) groups excluding carboxylic acids is 1. The number of hydrogen-bond donors (Lipinski definition) is 2. The van der Waals surface area contributed by atoms with Gasteiger partial charge in [0.25, 0.3) is 0 Å². The van der Waals surface area contributed by atoms with E-state index in [1.807, 2.05) is 44.2 Å². The molecule has 0 aromatic heterocycles. The Labute approximate surface area is 127 Å². The van der Waals surface area contributed by atoms with E-state index in [1.165, 1.54) is 0 Å². The summed E-state index contributed by atoms with van der Waals surface area (Å²) in [6, 6.07) is 10.1. The number of nitrogens with zero attached hydrogens (tertiary/aromatic N) is 1. The van der Waals surface area contributed by atoms with Crippen molar-refractivity contribution >= 4 is 5.91 Å². The summed E-state index contributed by atoms with van der Waals surface area (Å²) in [7, 11) is 0. The lowest BCUT2D eigenvalue weighted by Gasteiger charge is -2.37. The maximum absolute atomic E-state index is 12.2. The van der Waals surface area contributed by atoms with Gasteiger partial charge in [0, 0.05) is 6.04 Å². The van der Waals surface area contributed by atoms with Crippen LogP contribution in [0.3, 0.4) is 0 Å². The summed E-state index contributed by atoms with van der Waals surface area (Å²) < 4.78 is 0. The van der Waals surface area contributed by atoms with E-state index in [2.05, 4.69) is 10.2 Å². The zero-order valence-electron chi connectivity index (χ0n) is 13.0. The van der Waals surface area contributed by atoms with Crippen LogP contribution in [0.5, 0.6) is 0 Å². The van der Waals surface area contributed by atoms with Gasteiger partial charge >= 0.3 is 0 Å². The van der Waals surface area contributed by atoms with Gasteiger partial charge in [-0.3, -0.25) is 9.69 Å². The highest BCUT2D eigenvalue weighted by molar-refractivity contribution is 5.78. The van der Waals surface area contributed by atoms with E-state index in [0.717, 1.165) is 31.4 Å². The molecule has 1 aliphatic heterocycles. The molecule has 0 saturated carbocycles. The summed E-state index contributed by atoms with van der Waals surface area (Å²) in [6.07, 6.45) is 2.82. The van der Waals surface area contributed by atoms with E-state index in [1.54, 1.807) is 0 Å². The Morgan fingerprint density at radius 2 is 2.05 bits per heavy atom. The van der Waals surface area contributed by atoms with Gasteiger partial charge in [0.2, 0.25) is 5.91 Å². The number of hydrogen-bond acceptors (Lipinski definition) is 3. The highest BCUT2D eigenvalue weighted by Crippen LogP contribution is 2.19. The van der Waals surface area contributed by atoms with Gasteiger partial charge in [-0.05, 0) is 38.8 Å². The molecular weight excluding hydrogens is 264 g/mol. The van der Waals surface area contributed by atoms with E-state index in [4.69, 9.17) is 0 Å². The molecule has 1 saturated heterocycles. The second-order valence-electron chi connectivity index (χ2n) is 5.97. The van der Waals surface area contributed by atoms with Crippen LogP contribution in [0.15, 0.2) is 30.3 Å². The number of carbonyl (C=O) groups is 1. The molecule has 0 spiro atoms. The Bertz CT molecular complexity index is 447. The average molecular weight is 290 g/mol. The molecule has 1 amide bonds. The smallest absolute Gasteiger partial charge is 0.234 e. The molecular formula is C17H26N2O2. The quantitative estimate of drug-likeness (QED) is 0.873. The third-order valence-corrected chi connectivity index (χ3v) is 4.24. The molecule has 1 fully saturated rings. The van der Waals surface area contributed by atoms with Crippen molar-refractivity contribution < 1.29 is 9.90 Å². The number of rotatable bonds is 5. The minimum absolute atomic E-state index is 0.00786. The number of nitrogens with one attached hydrogen (secondary N) is 1. The lowest BCUT2D eigenvalue weighted by Crippen LogP contribution is -2.50. The minimum atomic E-state index is -0.385. The first-order valence-electron chi connectivity index (χ1n) is 7.84. The minimum Gasteiger partial charge on any atom is -0.392 e. The number of amides is 1. The highest BCUT2D eigenvalue weighted by Gasteiger charge is 2.27. The highest BCUT2D eigenvalue weighted by atomic mass is 16.3. The topological polar surface area (TPSA) is 52.6 Å². The summed E-state index contributed by atoms with van der Waals surface area (Å²) in [6.45, 7) is 5.07. The maximum atomic E-state index is 12.2. The monoisotopic (exact) mass is 290 g/mol. The molecule has 3 atom stereocenters. The van der Waals surface area contributed by atoms with Gasteiger partial charge in [-0.15, -0.1) is 0 Å². The largest absolute Gasteiger partial charge is 0.392 e. The van der Waals surface area contributed by atoms with Gasteiger partial charge < -0.3 is 10.4 Å². The van der Waals surface area contributed by atoms with Gasteiger partial charge in [0.05, 0.1) is 18.7 Å². The summed E-state index contributed by atoms with van der Waals surface area (Å²) in [4.78, 5) is 14.3. The number of piperidine rings is 1. The van der Waals surface area contributed by atoms with E-state index >= 15 is 0 Å². The number of aliphatic hydroxyl groups excluding tert-OH is 1. The van der Waals surface area contributed by atoms with E-state index < -0.39 is 0 Å². The van der Waals surface area contributed by atoms with Gasteiger partial charge in [-0.25, -0.2) is 0 Å². The van der Waals surface area contributed by atoms with Crippen LogP contribution in [0.1, 0.15) is 44.7 Å². The first kappa shape index (κ1) is 16.0. The standard InChI is InChI=1S/C17H26N2O2/c1-13(15-8-4-3-5-9-15)18-17(21)12-19-11-7-6-10-16(19)14(2)20/h3-5,8-9,13-14,16,20H,6-7,10-12H2,1-2H3,(H,18,21)/t13-,14+,16+/m0/s1. The Balaban J connectivity index is 1.88. The van der Waals surface area contributed by atoms with Crippen molar-refractivity contribution in [2.75, 3.05) is 13.1 Å². The van der Waals surface area contributed by atoms with E-state index in [-0.39, 0.29) is 24.1 Å². The van der Waals surface area contributed by atoms with Gasteiger partial charge in [-0.2, -0.15) is 0 Å². The number of likely N-dealkylation sites (tertiary alicyclic amines) is 1. The Kier molecular flexibility index (Phi) is 5.76. The van der Waals surface area contributed by atoms with Crippen LogP contribution in [0.2, 0.25) is 0 Å². The van der Waals surface area contributed by atoms with Crippen molar-refractivity contribution in [1.29, 1.82) is 0 Å². The maximum Gasteiger partial charge on any atom is 0.234 e. The molecule has 0 aliphatic carbocycles. The molecule has 2 rings (SSSR count). The Morgan fingerprint density at radius 1 is 1.33 bits per heavy atom. The van der Waals surface area contributed by atoms with Crippen LogP contribution in [0.4, 0.5) is 0 Å². The zero-order chi connectivity index (χ0) is 15.2. The second kappa shape index (κ2) is 7.57. The first-order chi connectivity index (χ1) is 10.1. The van der Waals surface area contributed by atoms with Crippen molar-refractivity contribution in [1.82, 2.24) is 10.2 Å². The van der Waals surface area contributed by atoms with Crippen LogP contribution in [-0.4, -0.2) is 41.1 Å². The van der Waals surface area contributed by atoms with Gasteiger partial charge in [0.15, 0.2) is 0 Å². The van der Waals surface area contributed by atoms with Crippen LogP contribution in [0.25, 0.3) is 0 Å². The number of aliphatic hydroxyl groups is 1. The van der Waals surface area contributed by atoms with Crippen molar-refractivity contribution in [3.05, 3.63) is 35.9 Å². The first-order valence-corrected chi connectivity index (χ1v) is 7.84. The van der Waals surface area contributed by atoms with Gasteiger partial charge in [-0.1, -0.05) is 36.8 Å². The zero-order valence-corrected chi connectivity index (χ0v) is 13.0. The molecule has 4 nitrogen and oxygen atoms in total. The molecule has 0 bridgehead atoms. The van der Waals surface area contributed by atoms with Crippen molar-refractivity contribution in [3.63, 3.8) is 0 Å². The lowest BCUT2D eigenvalue weighted by molar-refractivity contribution is -0.124. The molecule has 1 heterocycles. The predicted molar refractivity (Wildman–Crippen MR) is 83.9 cm³/mol. The van der Waals surface area contributed by atoms with E-state index in [9.17, 15) is 9.90 Å². The summed E-state index contributed by atoms with van der Waals surface area (Å²) in [5.41, 5.74) is 1.11. The molecule has 2 N–H and O–H groups in total. The van der Waals surface area contributed by atoms with Gasteiger partial charge in [0.1, 0.15) is 0 Å². The molecule has 1 aromatic rings. The number of benzene rings is 1. The third kappa shape index (κ3) is 4.55. The van der Waals surface area contributed by atoms with Crippen LogP contribution < -0.4 is 5.32 Å². The SMILES string of the molecule is C[C@H](NC(=O)CN1CCCC[C@@H]1[C@@H](C)O)c1ccccc1. The normalized spacial score (nSPS) is 22.5. The third-order valence-electron chi connectivity index (χ3n) is 4.24. The summed E-state index contributed by atoms with van der Waals surface area (Å²) in [5, 5.41) is 12.9. The average Bonchev–Trinajstić information content (AvgIpc) is 2.48. The molecule has 116 valence electrons. The molecule has 0 unspecified atom stereocenters. The van der Waals surface area contributed by atoms with Crippen molar-refractivity contribution in [2.45, 2.75) is 51.3 Å². The van der Waals surface area contributed by atoms with E-state index in [0.29, 0.717) is 6.54 Å². The Hall–Kier alpha value is -1.39. The lowest BCUT2D eigenvalue weighted by atomic mass is 9.98. The fourth-order valence-corrected chi connectivity index (χ4v) is 3.06. The molecule has 4 heteroatoms. The van der Waals surface area contributed by atoms with Crippen molar-refractivity contribution in [2.24, 2.45) is 0 Å².